The van der Waals surface area contributed by atoms with Crippen molar-refractivity contribution < 1.29 is 13.9 Å². The number of rotatable bonds is 5. The molecule has 1 amide bonds. The number of carbonyl (C=O) groups excluding carboxylic acids is 1. The van der Waals surface area contributed by atoms with E-state index in [0.29, 0.717) is 29.7 Å². The Kier molecular flexibility index (Phi) is 6.07. The Balaban J connectivity index is 1.54. The summed E-state index contributed by atoms with van der Waals surface area (Å²) >= 11 is 1.43. The summed E-state index contributed by atoms with van der Waals surface area (Å²) in [6.07, 6.45) is 0. The fraction of sp³-hybridized carbons (Fsp3) is 0.450. The number of nitrogens with zero attached hydrogens (tertiary/aromatic N) is 2. The molecule has 2 aromatic rings. The van der Waals surface area contributed by atoms with Gasteiger partial charge >= 0.3 is 0 Å². The standard InChI is InChI=1S/C20H24FN3O3S/c1-20(2,3)16-10-17(25)24-11-13(12-28-19(24)23-16)18(26)22-8-9-27-15-6-4-14(21)5-7-15/h4-7,10,13H,8-9,11-12H2,1-3H3,(H,22,26)/t13-/m0/s1. The zero-order chi connectivity index (χ0) is 20.3. The fourth-order valence-electron chi connectivity index (χ4n) is 2.77. The molecule has 28 heavy (non-hydrogen) atoms. The smallest absolute Gasteiger partial charge is 0.254 e. The van der Waals surface area contributed by atoms with Crippen molar-refractivity contribution in [2.45, 2.75) is 37.9 Å². The Labute approximate surface area is 167 Å². The van der Waals surface area contributed by atoms with Gasteiger partial charge in [-0.25, -0.2) is 9.37 Å². The van der Waals surface area contributed by atoms with Crippen molar-refractivity contribution in [1.29, 1.82) is 0 Å². The number of aromatic nitrogens is 2. The Bertz CT molecular complexity index is 906. The summed E-state index contributed by atoms with van der Waals surface area (Å²) in [5.41, 5.74) is 0.435. The predicted molar refractivity (Wildman–Crippen MR) is 106 cm³/mol. The number of benzene rings is 1. The van der Waals surface area contributed by atoms with Gasteiger partial charge in [0.1, 0.15) is 18.2 Å². The quantitative estimate of drug-likeness (QED) is 0.612. The lowest BCUT2D eigenvalue weighted by molar-refractivity contribution is -0.125. The third-order valence-corrected chi connectivity index (χ3v) is 5.55. The van der Waals surface area contributed by atoms with E-state index in [0.717, 1.165) is 5.69 Å². The van der Waals surface area contributed by atoms with Gasteiger partial charge in [0.15, 0.2) is 5.16 Å². The molecule has 1 N–H and O–H groups in total. The number of fused-ring (bicyclic) bond motifs is 1. The van der Waals surface area contributed by atoms with E-state index in [1.807, 2.05) is 20.8 Å². The summed E-state index contributed by atoms with van der Waals surface area (Å²) in [5, 5.41) is 3.50. The molecule has 0 saturated carbocycles. The number of hydrogen-bond acceptors (Lipinski definition) is 5. The average Bonchev–Trinajstić information content (AvgIpc) is 2.65. The highest BCUT2D eigenvalue weighted by Crippen LogP contribution is 2.27. The predicted octanol–water partition coefficient (Wildman–Crippen LogP) is 2.60. The van der Waals surface area contributed by atoms with Crippen molar-refractivity contribution in [2.24, 2.45) is 5.92 Å². The van der Waals surface area contributed by atoms with Crippen molar-refractivity contribution in [3.05, 3.63) is 52.2 Å². The van der Waals surface area contributed by atoms with Gasteiger partial charge in [-0.2, -0.15) is 0 Å². The monoisotopic (exact) mass is 405 g/mol. The molecular weight excluding hydrogens is 381 g/mol. The molecule has 0 saturated heterocycles. The van der Waals surface area contributed by atoms with E-state index in [-0.39, 0.29) is 35.2 Å². The minimum absolute atomic E-state index is 0.118. The molecule has 1 aromatic heterocycles. The lowest BCUT2D eigenvalue weighted by Gasteiger charge is -2.26. The molecule has 0 aliphatic carbocycles. The summed E-state index contributed by atoms with van der Waals surface area (Å²) in [6.45, 7) is 6.99. The summed E-state index contributed by atoms with van der Waals surface area (Å²) in [6, 6.07) is 7.28. The van der Waals surface area contributed by atoms with Gasteiger partial charge < -0.3 is 10.1 Å². The molecule has 0 spiro atoms. The van der Waals surface area contributed by atoms with Crippen molar-refractivity contribution in [3.63, 3.8) is 0 Å². The van der Waals surface area contributed by atoms with Gasteiger partial charge in [0.2, 0.25) is 5.91 Å². The van der Waals surface area contributed by atoms with Crippen LogP contribution in [-0.2, 0) is 16.8 Å². The van der Waals surface area contributed by atoms with Gasteiger partial charge in [0.05, 0.1) is 18.2 Å². The number of hydrogen-bond donors (Lipinski definition) is 1. The van der Waals surface area contributed by atoms with Crippen molar-refractivity contribution in [3.8, 4) is 5.75 Å². The first-order chi connectivity index (χ1) is 13.2. The molecule has 150 valence electrons. The topological polar surface area (TPSA) is 73.2 Å². The van der Waals surface area contributed by atoms with Crippen molar-refractivity contribution >= 4 is 17.7 Å². The minimum atomic E-state index is -0.324. The number of halogens is 1. The Morgan fingerprint density at radius 1 is 1.36 bits per heavy atom. The number of carbonyl (C=O) groups is 1. The lowest BCUT2D eigenvalue weighted by atomic mass is 9.92. The summed E-state index contributed by atoms with van der Waals surface area (Å²) in [4.78, 5) is 29.5. The molecule has 1 atom stereocenters. The molecule has 1 aromatic carbocycles. The van der Waals surface area contributed by atoms with E-state index in [9.17, 15) is 14.0 Å². The molecular formula is C20H24FN3O3S. The maximum atomic E-state index is 12.9. The first-order valence-electron chi connectivity index (χ1n) is 9.15. The number of amides is 1. The van der Waals surface area contributed by atoms with Crippen molar-refractivity contribution in [2.75, 3.05) is 18.9 Å². The van der Waals surface area contributed by atoms with Crippen LogP contribution in [-0.4, -0.2) is 34.4 Å². The third-order valence-electron chi connectivity index (χ3n) is 4.41. The van der Waals surface area contributed by atoms with E-state index in [1.54, 1.807) is 10.6 Å². The molecule has 1 aliphatic heterocycles. The largest absolute Gasteiger partial charge is 0.492 e. The zero-order valence-electron chi connectivity index (χ0n) is 16.2. The lowest BCUT2D eigenvalue weighted by Crippen LogP contribution is -2.41. The van der Waals surface area contributed by atoms with Gasteiger partial charge in [-0.1, -0.05) is 32.5 Å². The molecule has 2 heterocycles. The van der Waals surface area contributed by atoms with Gasteiger partial charge in [-0.15, -0.1) is 0 Å². The number of nitrogens with one attached hydrogen (secondary N) is 1. The molecule has 8 heteroatoms. The fourth-order valence-corrected chi connectivity index (χ4v) is 3.86. The van der Waals surface area contributed by atoms with E-state index >= 15 is 0 Å². The Hall–Kier alpha value is -2.35. The van der Waals surface area contributed by atoms with Crippen LogP contribution in [0, 0.1) is 11.7 Å². The second kappa shape index (κ2) is 8.34. The van der Waals surface area contributed by atoms with Crippen LogP contribution in [0.4, 0.5) is 4.39 Å². The SMILES string of the molecule is CC(C)(C)c1cc(=O)n2c(n1)SC[C@@H](C(=O)NCCOc1ccc(F)cc1)C2. The van der Waals surface area contributed by atoms with E-state index in [1.165, 1.54) is 36.0 Å². The molecule has 0 fully saturated rings. The highest BCUT2D eigenvalue weighted by molar-refractivity contribution is 7.99. The van der Waals surface area contributed by atoms with Crippen molar-refractivity contribution in [1.82, 2.24) is 14.9 Å². The van der Waals surface area contributed by atoms with Crippen LogP contribution in [0.2, 0.25) is 0 Å². The van der Waals surface area contributed by atoms with E-state index < -0.39 is 0 Å². The van der Waals surface area contributed by atoms with Crippen LogP contribution < -0.4 is 15.6 Å². The molecule has 6 nitrogen and oxygen atoms in total. The van der Waals surface area contributed by atoms with Crippen LogP contribution in [0.25, 0.3) is 0 Å². The third kappa shape index (κ3) is 4.92. The average molecular weight is 405 g/mol. The highest BCUT2D eigenvalue weighted by atomic mass is 32.2. The molecule has 3 rings (SSSR count). The second-order valence-electron chi connectivity index (χ2n) is 7.72. The van der Waals surface area contributed by atoms with Gasteiger partial charge in [-0.3, -0.25) is 14.2 Å². The molecule has 0 unspecified atom stereocenters. The normalized spacial score (nSPS) is 16.4. The molecule has 0 bridgehead atoms. The van der Waals surface area contributed by atoms with Gasteiger partial charge in [-0.05, 0) is 24.3 Å². The number of thioether (sulfide) groups is 1. The van der Waals surface area contributed by atoms with Crippen LogP contribution >= 0.6 is 11.8 Å². The zero-order valence-corrected chi connectivity index (χ0v) is 17.0. The van der Waals surface area contributed by atoms with Crippen LogP contribution in [0.5, 0.6) is 5.75 Å². The van der Waals surface area contributed by atoms with E-state index in [2.05, 4.69) is 10.3 Å². The van der Waals surface area contributed by atoms with Gasteiger partial charge in [0, 0.05) is 23.8 Å². The summed E-state index contributed by atoms with van der Waals surface area (Å²) in [7, 11) is 0. The Morgan fingerprint density at radius 2 is 2.07 bits per heavy atom. The highest BCUT2D eigenvalue weighted by Gasteiger charge is 2.28. The maximum Gasteiger partial charge on any atom is 0.254 e. The van der Waals surface area contributed by atoms with Gasteiger partial charge in [0.25, 0.3) is 5.56 Å². The summed E-state index contributed by atoms with van der Waals surface area (Å²) < 4.78 is 19.9. The second-order valence-corrected chi connectivity index (χ2v) is 8.71. The summed E-state index contributed by atoms with van der Waals surface area (Å²) in [5.74, 6) is 0.376. The molecule has 0 radical (unpaired) electrons. The molecule has 1 aliphatic rings. The van der Waals surface area contributed by atoms with E-state index in [4.69, 9.17) is 4.74 Å². The number of ether oxygens (including phenoxy) is 1. The van der Waals surface area contributed by atoms with Crippen LogP contribution in [0.15, 0.2) is 40.3 Å². The van der Waals surface area contributed by atoms with Crippen LogP contribution in [0.3, 0.4) is 0 Å². The Morgan fingerprint density at radius 3 is 2.75 bits per heavy atom. The first-order valence-corrected chi connectivity index (χ1v) is 10.1. The first kappa shape index (κ1) is 20.4. The maximum absolute atomic E-state index is 12.9. The van der Waals surface area contributed by atoms with Crippen LogP contribution in [0.1, 0.15) is 26.5 Å². The minimum Gasteiger partial charge on any atom is -0.492 e.